The van der Waals surface area contributed by atoms with Crippen molar-refractivity contribution in [2.45, 2.75) is 13.8 Å². The van der Waals surface area contributed by atoms with Crippen molar-refractivity contribution in [1.82, 2.24) is 0 Å². The highest BCUT2D eigenvalue weighted by atomic mass is 79.9. The zero-order chi connectivity index (χ0) is 20.5. The first kappa shape index (κ1) is 19.2. The van der Waals surface area contributed by atoms with E-state index in [0.29, 0.717) is 32.7 Å². The monoisotopic (exact) mass is 448 g/mol. The van der Waals surface area contributed by atoms with Gasteiger partial charge in [-0.05, 0) is 71.2 Å². The quantitative estimate of drug-likeness (QED) is 0.284. The average molecular weight is 449 g/mol. The third-order valence-electron chi connectivity index (χ3n) is 4.81. The Bertz CT molecular complexity index is 1180. The minimum absolute atomic E-state index is 0.185. The second-order valence-corrected chi connectivity index (χ2v) is 7.59. The molecule has 0 atom stereocenters. The average Bonchev–Trinajstić information content (AvgIpc) is 3.02. The zero-order valence-corrected chi connectivity index (χ0v) is 17.4. The van der Waals surface area contributed by atoms with Crippen LogP contribution in [0.15, 0.2) is 70.9 Å². The molecule has 0 saturated heterocycles. The zero-order valence-electron chi connectivity index (χ0n) is 15.9. The summed E-state index contributed by atoms with van der Waals surface area (Å²) in [7, 11) is 0. The number of carbonyl (C=O) groups excluding carboxylic acids is 2. The highest BCUT2D eigenvalue weighted by molar-refractivity contribution is 9.10. The van der Waals surface area contributed by atoms with Crippen LogP contribution in [0, 0.1) is 13.8 Å². The lowest BCUT2D eigenvalue weighted by atomic mass is 10.0. The lowest BCUT2D eigenvalue weighted by Crippen LogP contribution is -2.10. The van der Waals surface area contributed by atoms with Crippen LogP contribution in [0.3, 0.4) is 0 Å². The molecule has 4 nitrogen and oxygen atoms in total. The van der Waals surface area contributed by atoms with Gasteiger partial charge in [0.25, 0.3) is 0 Å². The maximum absolute atomic E-state index is 12.8. The summed E-state index contributed by atoms with van der Waals surface area (Å²) in [4.78, 5) is 25.3. The molecule has 29 heavy (non-hydrogen) atoms. The van der Waals surface area contributed by atoms with Gasteiger partial charge in [0.2, 0.25) is 5.78 Å². The molecule has 0 fully saturated rings. The number of ketones is 1. The van der Waals surface area contributed by atoms with Crippen LogP contribution in [0.1, 0.15) is 37.4 Å². The van der Waals surface area contributed by atoms with Crippen molar-refractivity contribution < 1.29 is 19.1 Å². The number of Topliss-reactive ketones (excluding diaryl/α,β-unsaturated/α-hetero) is 1. The predicted octanol–water partition coefficient (Wildman–Crippen LogP) is 5.90. The number of benzene rings is 3. The molecule has 5 heteroatoms. The molecule has 1 aliphatic rings. The van der Waals surface area contributed by atoms with Crippen LogP contribution in [0.4, 0.5) is 0 Å². The van der Waals surface area contributed by atoms with Crippen molar-refractivity contribution in [3.05, 3.63) is 98.7 Å². The predicted molar refractivity (Wildman–Crippen MR) is 114 cm³/mol. The van der Waals surface area contributed by atoms with Gasteiger partial charge in [0.05, 0.1) is 11.1 Å². The van der Waals surface area contributed by atoms with Gasteiger partial charge in [0.15, 0.2) is 5.76 Å². The minimum atomic E-state index is -0.486. The van der Waals surface area contributed by atoms with E-state index in [9.17, 15) is 9.59 Å². The first-order chi connectivity index (χ1) is 14.0. The fraction of sp³-hybridized carbons (Fsp3) is 0.0833. The normalized spacial score (nSPS) is 13.9. The molecule has 4 rings (SSSR count). The van der Waals surface area contributed by atoms with Crippen LogP contribution in [0.2, 0.25) is 0 Å². The number of aryl methyl sites for hydroxylation is 1. The molecule has 0 aliphatic carbocycles. The van der Waals surface area contributed by atoms with E-state index >= 15 is 0 Å². The number of rotatable bonds is 3. The lowest BCUT2D eigenvalue weighted by Gasteiger charge is -2.10. The van der Waals surface area contributed by atoms with Crippen molar-refractivity contribution >= 4 is 33.8 Å². The molecule has 0 saturated carbocycles. The topological polar surface area (TPSA) is 52.6 Å². The highest BCUT2D eigenvalue weighted by Crippen LogP contribution is 2.39. The molecular formula is C24H17BrO4. The standard InChI is InChI=1S/C24H17BrO4/c1-14-7-3-4-8-16(14)13-21-22(26)18-11-12-20(15(2)23(18)28-21)29-24(27)17-9-5-6-10-19(17)25/h3-13H,1-2H3/b21-13-. The van der Waals surface area contributed by atoms with Gasteiger partial charge >= 0.3 is 5.97 Å². The third kappa shape index (κ3) is 3.61. The first-order valence-electron chi connectivity index (χ1n) is 9.06. The van der Waals surface area contributed by atoms with Crippen LogP contribution in [0.5, 0.6) is 11.5 Å². The van der Waals surface area contributed by atoms with E-state index in [-0.39, 0.29) is 11.5 Å². The summed E-state index contributed by atoms with van der Waals surface area (Å²) >= 11 is 3.35. The molecule has 3 aromatic rings. The van der Waals surface area contributed by atoms with E-state index in [1.807, 2.05) is 37.3 Å². The minimum Gasteiger partial charge on any atom is -0.452 e. The van der Waals surface area contributed by atoms with E-state index in [0.717, 1.165) is 11.1 Å². The summed E-state index contributed by atoms with van der Waals surface area (Å²) in [5, 5.41) is 0. The van der Waals surface area contributed by atoms with Crippen molar-refractivity contribution in [2.24, 2.45) is 0 Å². The van der Waals surface area contributed by atoms with Gasteiger partial charge in [-0.25, -0.2) is 4.79 Å². The Morgan fingerprint density at radius 1 is 1.00 bits per heavy atom. The van der Waals surface area contributed by atoms with Crippen molar-refractivity contribution in [2.75, 3.05) is 0 Å². The lowest BCUT2D eigenvalue weighted by molar-refractivity contribution is 0.0732. The molecule has 0 aromatic heterocycles. The summed E-state index contributed by atoms with van der Waals surface area (Å²) in [6, 6.07) is 18.1. The number of esters is 1. The molecule has 0 N–H and O–H groups in total. The Hall–Kier alpha value is -3.18. The molecule has 3 aromatic carbocycles. The van der Waals surface area contributed by atoms with E-state index < -0.39 is 5.97 Å². The summed E-state index contributed by atoms with van der Waals surface area (Å²) in [6.45, 7) is 3.74. The van der Waals surface area contributed by atoms with E-state index in [1.165, 1.54) is 0 Å². The summed E-state index contributed by atoms with van der Waals surface area (Å²) in [5.74, 6) is 0.365. The number of hydrogen-bond donors (Lipinski definition) is 0. The molecule has 1 heterocycles. The molecule has 1 aliphatic heterocycles. The van der Waals surface area contributed by atoms with Gasteiger partial charge in [-0.2, -0.15) is 0 Å². The number of allylic oxidation sites excluding steroid dienone is 1. The molecular weight excluding hydrogens is 432 g/mol. The summed E-state index contributed by atoms with van der Waals surface area (Å²) in [5.41, 5.74) is 3.45. The highest BCUT2D eigenvalue weighted by Gasteiger charge is 2.30. The van der Waals surface area contributed by atoms with Gasteiger partial charge in [0.1, 0.15) is 11.5 Å². The molecule has 0 bridgehead atoms. The number of hydrogen-bond acceptors (Lipinski definition) is 4. The second kappa shape index (κ2) is 7.68. The van der Waals surface area contributed by atoms with Crippen molar-refractivity contribution in [3.8, 4) is 11.5 Å². The number of halogens is 1. The van der Waals surface area contributed by atoms with Gasteiger partial charge < -0.3 is 9.47 Å². The SMILES string of the molecule is Cc1ccccc1/C=C1\Oc2c(ccc(OC(=O)c3ccccc3Br)c2C)C1=O. The summed E-state index contributed by atoms with van der Waals surface area (Å²) in [6.07, 6.45) is 1.74. The van der Waals surface area contributed by atoms with Crippen molar-refractivity contribution in [3.63, 3.8) is 0 Å². The fourth-order valence-electron chi connectivity index (χ4n) is 3.15. The molecule has 144 valence electrons. The Morgan fingerprint density at radius 2 is 1.72 bits per heavy atom. The Kier molecular flexibility index (Phi) is 5.07. The Morgan fingerprint density at radius 3 is 2.48 bits per heavy atom. The van der Waals surface area contributed by atoms with Crippen LogP contribution < -0.4 is 9.47 Å². The first-order valence-corrected chi connectivity index (χ1v) is 9.85. The largest absolute Gasteiger partial charge is 0.452 e. The maximum Gasteiger partial charge on any atom is 0.344 e. The summed E-state index contributed by atoms with van der Waals surface area (Å²) < 4.78 is 12.1. The van der Waals surface area contributed by atoms with Crippen LogP contribution in [0.25, 0.3) is 6.08 Å². The van der Waals surface area contributed by atoms with Crippen LogP contribution in [-0.4, -0.2) is 11.8 Å². The van der Waals surface area contributed by atoms with Gasteiger partial charge in [-0.1, -0.05) is 36.4 Å². The Balaban J connectivity index is 1.64. The van der Waals surface area contributed by atoms with Crippen LogP contribution in [-0.2, 0) is 0 Å². The fourth-order valence-corrected chi connectivity index (χ4v) is 3.60. The maximum atomic E-state index is 12.8. The molecule has 0 amide bonds. The third-order valence-corrected chi connectivity index (χ3v) is 5.50. The van der Waals surface area contributed by atoms with Crippen LogP contribution >= 0.6 is 15.9 Å². The number of carbonyl (C=O) groups is 2. The molecule has 0 radical (unpaired) electrons. The van der Waals surface area contributed by atoms with E-state index in [1.54, 1.807) is 43.3 Å². The van der Waals surface area contributed by atoms with Gasteiger partial charge in [0, 0.05) is 10.0 Å². The van der Waals surface area contributed by atoms with Crippen molar-refractivity contribution in [1.29, 1.82) is 0 Å². The van der Waals surface area contributed by atoms with E-state index in [4.69, 9.17) is 9.47 Å². The number of fused-ring (bicyclic) bond motifs is 1. The second-order valence-electron chi connectivity index (χ2n) is 6.73. The van der Waals surface area contributed by atoms with E-state index in [2.05, 4.69) is 15.9 Å². The smallest absolute Gasteiger partial charge is 0.344 e. The van der Waals surface area contributed by atoms with Gasteiger partial charge in [-0.15, -0.1) is 0 Å². The molecule has 0 spiro atoms. The number of ether oxygens (including phenoxy) is 2. The molecule has 0 unspecified atom stereocenters. The van der Waals surface area contributed by atoms with Gasteiger partial charge in [-0.3, -0.25) is 4.79 Å². The Labute approximate surface area is 176 Å².